The van der Waals surface area contributed by atoms with Gasteiger partial charge in [0.25, 0.3) is 0 Å². The van der Waals surface area contributed by atoms with Gasteiger partial charge in [-0.2, -0.15) is 17.0 Å². The highest BCUT2D eigenvalue weighted by Gasteiger charge is 2.59. The van der Waals surface area contributed by atoms with Gasteiger partial charge in [-0.05, 0) is 26.9 Å². The number of aromatic nitrogens is 1. The molecule has 0 aliphatic carbocycles. The van der Waals surface area contributed by atoms with E-state index in [0.29, 0.717) is 11.4 Å². The van der Waals surface area contributed by atoms with Gasteiger partial charge in [0.2, 0.25) is 0 Å². The van der Waals surface area contributed by atoms with Crippen LogP contribution >= 0.6 is 11.8 Å². The summed E-state index contributed by atoms with van der Waals surface area (Å²) in [6, 6.07) is 1.78. The number of thioether (sulfide) groups is 1. The van der Waals surface area contributed by atoms with E-state index < -0.39 is 12.8 Å². The van der Waals surface area contributed by atoms with E-state index >= 15 is 0 Å². The van der Waals surface area contributed by atoms with Gasteiger partial charge in [-0.1, -0.05) is 0 Å². The van der Waals surface area contributed by atoms with Gasteiger partial charge in [0, 0.05) is 23.6 Å². The van der Waals surface area contributed by atoms with Crippen molar-refractivity contribution in [1.29, 1.82) is 5.26 Å². The van der Waals surface area contributed by atoms with Gasteiger partial charge in [-0.3, -0.25) is 0 Å². The van der Waals surface area contributed by atoms with Gasteiger partial charge in [-0.15, -0.1) is 0 Å². The van der Waals surface area contributed by atoms with Crippen LogP contribution in [0.15, 0.2) is 6.20 Å². The van der Waals surface area contributed by atoms with Crippen LogP contribution in [-0.4, -0.2) is 57.9 Å². The molecular formula is C15H23BN4O3S. The van der Waals surface area contributed by atoms with Crippen molar-refractivity contribution < 1.29 is 14.5 Å². The molecule has 0 spiro atoms. The van der Waals surface area contributed by atoms with Crippen LogP contribution in [0.1, 0.15) is 31.1 Å². The number of anilines is 1. The molecule has 4 atom stereocenters. The van der Waals surface area contributed by atoms with Crippen LogP contribution < -0.4 is 5.73 Å². The van der Waals surface area contributed by atoms with E-state index in [9.17, 15) is 10.3 Å². The molecule has 24 heavy (non-hydrogen) atoms. The number of hydrogen-bond donors (Lipinski definition) is 3. The van der Waals surface area contributed by atoms with Crippen LogP contribution in [-0.2, 0) is 9.47 Å². The van der Waals surface area contributed by atoms with Crippen molar-refractivity contribution in [3.8, 4) is 6.07 Å². The zero-order valence-electron chi connectivity index (χ0n) is 14.3. The summed E-state index contributed by atoms with van der Waals surface area (Å²) < 4.78 is 12.3. The highest BCUT2D eigenvalue weighted by atomic mass is 32.2. The van der Waals surface area contributed by atoms with Crippen molar-refractivity contribution in [2.75, 3.05) is 17.7 Å². The first-order chi connectivity index (χ1) is 11.3. The number of fused-ring (bicyclic) bond motifs is 1. The van der Waals surface area contributed by atoms with Crippen molar-refractivity contribution in [3.63, 3.8) is 0 Å². The minimum atomic E-state index is -0.687. The summed E-state index contributed by atoms with van der Waals surface area (Å²) in [6.45, 7) is 5.53. The van der Waals surface area contributed by atoms with Crippen molar-refractivity contribution in [1.82, 2.24) is 9.79 Å². The van der Waals surface area contributed by atoms with Gasteiger partial charge in [0.05, 0.1) is 11.7 Å². The van der Waals surface area contributed by atoms with E-state index in [0.717, 1.165) is 11.3 Å². The minimum absolute atomic E-state index is 0.00314. The zero-order valence-corrected chi connectivity index (χ0v) is 15.1. The van der Waals surface area contributed by atoms with Gasteiger partial charge in [0.15, 0.2) is 5.79 Å². The molecule has 2 aliphatic heterocycles. The van der Waals surface area contributed by atoms with E-state index in [4.69, 9.17) is 15.2 Å². The maximum atomic E-state index is 10.4. The fourth-order valence-corrected chi connectivity index (χ4v) is 4.59. The Morgan fingerprint density at radius 2 is 2.17 bits per heavy atom. The molecule has 2 saturated heterocycles. The number of nitrogens with two attached hydrogens (primary N) is 1. The van der Waals surface area contributed by atoms with Crippen LogP contribution in [0.5, 0.6) is 0 Å². The molecule has 4 N–H and O–H groups in total. The number of H-pyrrole nitrogens is 1. The first kappa shape index (κ1) is 17.6. The summed E-state index contributed by atoms with van der Waals surface area (Å²) in [5.41, 5.74) is 7.67. The monoisotopic (exact) mass is 350 g/mol. The molecular weight excluding hydrogens is 327 g/mol. The molecule has 3 heterocycles. The van der Waals surface area contributed by atoms with Crippen molar-refractivity contribution >= 4 is 24.5 Å². The normalized spacial score (nSPS) is 31.8. The second-order valence-electron chi connectivity index (χ2n) is 6.76. The average molecular weight is 350 g/mol. The Morgan fingerprint density at radius 3 is 2.71 bits per heavy atom. The quantitative estimate of drug-likeness (QED) is 0.700. The molecule has 1 aromatic heterocycles. The minimum Gasteiger partial charge on any atom is -0.437 e. The summed E-state index contributed by atoms with van der Waals surface area (Å²) in [5, 5.41) is 19.6. The smallest absolute Gasteiger partial charge is 0.377 e. The number of aromatic amines is 1. The lowest BCUT2D eigenvalue weighted by molar-refractivity contribution is -0.162. The summed E-state index contributed by atoms with van der Waals surface area (Å²) in [5.74, 6) is 0.121. The summed E-state index contributed by atoms with van der Waals surface area (Å²) in [6.07, 6.45) is 3.35. The van der Waals surface area contributed by atoms with Gasteiger partial charge in [-0.25, -0.2) is 0 Å². The third kappa shape index (κ3) is 2.72. The van der Waals surface area contributed by atoms with Crippen molar-refractivity contribution in [2.24, 2.45) is 0 Å². The standard InChI is InChI=1S/C15H23BN4O3S/c1-15(2)22-13-10(7-24-4)20(16(3)21)12(14(13)23-15)8-6-19-9(5-17)11(8)18/h6,10,12-14,19,21H,7,18H2,1-4H3/t10-,12+,13-,14+/m1/s1. The highest BCUT2D eigenvalue weighted by Crippen LogP contribution is 2.49. The first-order valence-corrected chi connectivity index (χ1v) is 9.37. The fraction of sp³-hybridized carbons (Fsp3) is 0.667. The Morgan fingerprint density at radius 1 is 1.50 bits per heavy atom. The van der Waals surface area contributed by atoms with Gasteiger partial charge < -0.3 is 30.0 Å². The number of nitrogen functional groups attached to an aromatic ring is 1. The number of nitrogens with zero attached hydrogens (tertiary/aromatic N) is 2. The maximum absolute atomic E-state index is 10.4. The summed E-state index contributed by atoms with van der Waals surface area (Å²) in [4.78, 5) is 4.90. The lowest BCUT2D eigenvalue weighted by atomic mass is 9.81. The second kappa shape index (κ2) is 6.28. The lowest BCUT2D eigenvalue weighted by Gasteiger charge is -2.34. The van der Waals surface area contributed by atoms with Gasteiger partial charge in [0.1, 0.15) is 24.0 Å². The number of nitrogens with one attached hydrogen (secondary N) is 1. The molecule has 3 rings (SSSR count). The van der Waals surface area contributed by atoms with E-state index in [2.05, 4.69) is 11.1 Å². The van der Waals surface area contributed by atoms with Crippen LogP contribution in [0.4, 0.5) is 5.69 Å². The van der Waals surface area contributed by atoms with E-state index in [1.54, 1.807) is 24.8 Å². The Balaban J connectivity index is 2.06. The predicted octanol–water partition coefficient (Wildman–Crippen LogP) is 1.19. The Labute approximate surface area is 146 Å². The Bertz CT molecular complexity index is 660. The third-order valence-electron chi connectivity index (χ3n) is 4.71. The molecule has 0 amide bonds. The Hall–Kier alpha value is -1.18. The summed E-state index contributed by atoms with van der Waals surface area (Å²) in [7, 11) is -0.687. The number of nitriles is 1. The van der Waals surface area contributed by atoms with Crippen LogP contribution in [0.25, 0.3) is 0 Å². The highest BCUT2D eigenvalue weighted by molar-refractivity contribution is 7.98. The number of rotatable bonds is 4. The van der Waals surface area contributed by atoms with Crippen LogP contribution in [0.2, 0.25) is 6.82 Å². The third-order valence-corrected chi connectivity index (χ3v) is 5.38. The van der Waals surface area contributed by atoms with Gasteiger partial charge >= 0.3 is 7.05 Å². The van der Waals surface area contributed by atoms with Crippen molar-refractivity contribution in [3.05, 3.63) is 17.5 Å². The fourth-order valence-electron chi connectivity index (χ4n) is 3.89. The lowest BCUT2D eigenvalue weighted by Crippen LogP contribution is -2.48. The van der Waals surface area contributed by atoms with Crippen LogP contribution in [0, 0.1) is 11.3 Å². The topological polar surface area (TPSA) is 108 Å². The maximum Gasteiger partial charge on any atom is 0.377 e. The molecule has 130 valence electrons. The molecule has 2 aliphatic rings. The van der Waals surface area contributed by atoms with E-state index in [1.807, 2.05) is 24.9 Å². The van der Waals surface area contributed by atoms with Crippen molar-refractivity contribution in [2.45, 2.75) is 50.7 Å². The zero-order chi connectivity index (χ0) is 17.6. The molecule has 0 radical (unpaired) electrons. The summed E-state index contributed by atoms with van der Waals surface area (Å²) >= 11 is 1.70. The number of hydrogen-bond acceptors (Lipinski definition) is 7. The number of ether oxygens (including phenoxy) is 2. The molecule has 9 heteroatoms. The Kier molecular flexibility index (Phi) is 4.62. The molecule has 1 aromatic rings. The predicted molar refractivity (Wildman–Crippen MR) is 94.3 cm³/mol. The second-order valence-corrected chi connectivity index (χ2v) is 7.67. The van der Waals surface area contributed by atoms with Crippen LogP contribution in [0.3, 0.4) is 0 Å². The first-order valence-electron chi connectivity index (χ1n) is 7.97. The molecule has 7 nitrogen and oxygen atoms in total. The SMILES string of the molecule is CSC[C@@H]1[C@H]2OC(C)(C)O[C@H]2[C@H](c2c[nH]c(C#N)c2N)N1B(C)O. The average Bonchev–Trinajstić information content (AvgIpc) is 3.09. The van der Waals surface area contributed by atoms with E-state index in [-0.39, 0.29) is 24.3 Å². The largest absolute Gasteiger partial charge is 0.437 e. The van der Waals surface area contributed by atoms with E-state index in [1.165, 1.54) is 0 Å². The molecule has 0 aromatic carbocycles. The molecule has 0 unspecified atom stereocenters. The molecule has 2 fully saturated rings. The molecule has 0 bridgehead atoms. The molecule has 0 saturated carbocycles.